The number of rotatable bonds is 7. The van der Waals surface area contributed by atoms with Crippen molar-refractivity contribution >= 4 is 23.1 Å². The number of hydrogen-bond donors (Lipinski definition) is 1. The maximum atomic E-state index is 13.5. The number of nitrogens with zero attached hydrogens (tertiary/aromatic N) is 2. The average molecular weight is 503 g/mol. The van der Waals surface area contributed by atoms with Gasteiger partial charge in [-0.25, -0.2) is 4.39 Å². The number of benzene rings is 3. The smallest absolute Gasteiger partial charge is 0.295 e. The van der Waals surface area contributed by atoms with Crippen molar-refractivity contribution < 1.29 is 28.6 Å². The molecule has 1 saturated heterocycles. The van der Waals surface area contributed by atoms with Crippen molar-refractivity contribution in [3.05, 3.63) is 94.8 Å². The van der Waals surface area contributed by atoms with Crippen LogP contribution in [0.5, 0.6) is 11.5 Å². The van der Waals surface area contributed by atoms with E-state index >= 15 is 0 Å². The van der Waals surface area contributed by atoms with Crippen LogP contribution < -0.4 is 14.4 Å². The van der Waals surface area contributed by atoms with Gasteiger partial charge in [0.05, 0.1) is 11.6 Å². The molecular weight excluding hydrogens is 475 g/mol. The standard InChI is InChI=1S/C29H27FN2O5/c1-3-31(4-2)22-12-7-19(8-13-22)26-25(27(33)20-9-14-23-24(15-20)37-17-36-23)28(34)29(35)32(26)16-18-5-10-21(30)11-6-18/h5-15,26,33H,3-4,16-17H2,1-2H3/b27-25-. The van der Waals surface area contributed by atoms with Crippen LogP contribution in [-0.2, 0) is 16.1 Å². The number of ketones is 1. The molecule has 2 aliphatic rings. The second kappa shape index (κ2) is 9.97. The second-order valence-electron chi connectivity index (χ2n) is 8.89. The van der Waals surface area contributed by atoms with E-state index in [1.54, 1.807) is 30.3 Å². The molecule has 0 aromatic heterocycles. The SMILES string of the molecule is CCN(CC)c1ccc(C2/C(=C(/O)c3ccc4c(c3)OCO4)C(=O)C(=O)N2Cc2ccc(F)cc2)cc1. The summed E-state index contributed by atoms with van der Waals surface area (Å²) in [6, 6.07) is 17.4. The Balaban J connectivity index is 1.60. The van der Waals surface area contributed by atoms with Gasteiger partial charge in [0, 0.05) is 30.9 Å². The number of carbonyl (C=O) groups is 2. The van der Waals surface area contributed by atoms with Crippen molar-refractivity contribution in [2.45, 2.75) is 26.4 Å². The lowest BCUT2D eigenvalue weighted by molar-refractivity contribution is -0.140. The Morgan fingerprint density at radius 1 is 0.973 bits per heavy atom. The molecule has 190 valence electrons. The molecule has 7 nitrogen and oxygen atoms in total. The topological polar surface area (TPSA) is 79.3 Å². The molecule has 1 unspecified atom stereocenters. The van der Waals surface area contributed by atoms with Crippen LogP contribution in [0.3, 0.4) is 0 Å². The molecule has 2 aliphatic heterocycles. The molecule has 1 atom stereocenters. The molecular formula is C29H27FN2O5. The minimum Gasteiger partial charge on any atom is -0.507 e. The monoisotopic (exact) mass is 502 g/mol. The number of aliphatic hydroxyl groups is 1. The number of anilines is 1. The number of aliphatic hydroxyl groups excluding tert-OH is 1. The number of Topliss-reactive ketones (excluding diaryl/α,β-unsaturated/α-hetero) is 1. The number of amides is 1. The zero-order valence-corrected chi connectivity index (χ0v) is 20.6. The highest BCUT2D eigenvalue weighted by molar-refractivity contribution is 6.46. The zero-order chi connectivity index (χ0) is 26.1. The largest absolute Gasteiger partial charge is 0.507 e. The normalized spacial score (nSPS) is 17.9. The van der Waals surface area contributed by atoms with Crippen LogP contribution in [0.1, 0.15) is 36.6 Å². The highest BCUT2D eigenvalue weighted by atomic mass is 19.1. The maximum absolute atomic E-state index is 13.5. The average Bonchev–Trinajstić information content (AvgIpc) is 3.48. The van der Waals surface area contributed by atoms with Crippen LogP contribution in [-0.4, -0.2) is 41.6 Å². The second-order valence-corrected chi connectivity index (χ2v) is 8.89. The van der Waals surface area contributed by atoms with Crippen LogP contribution in [0.15, 0.2) is 72.3 Å². The fraction of sp³-hybridized carbons (Fsp3) is 0.241. The summed E-state index contributed by atoms with van der Waals surface area (Å²) in [4.78, 5) is 30.2. The van der Waals surface area contributed by atoms with Crippen molar-refractivity contribution in [2.24, 2.45) is 0 Å². The lowest BCUT2D eigenvalue weighted by atomic mass is 9.94. The highest BCUT2D eigenvalue weighted by Crippen LogP contribution is 2.42. The van der Waals surface area contributed by atoms with Crippen LogP contribution in [0.4, 0.5) is 10.1 Å². The van der Waals surface area contributed by atoms with Gasteiger partial charge >= 0.3 is 0 Å². The molecule has 8 heteroatoms. The van der Waals surface area contributed by atoms with Gasteiger partial charge in [-0.15, -0.1) is 0 Å². The quantitative estimate of drug-likeness (QED) is 0.278. The highest BCUT2D eigenvalue weighted by Gasteiger charge is 2.46. The van der Waals surface area contributed by atoms with E-state index in [4.69, 9.17) is 9.47 Å². The van der Waals surface area contributed by atoms with Gasteiger partial charge in [-0.1, -0.05) is 24.3 Å². The van der Waals surface area contributed by atoms with Crippen LogP contribution >= 0.6 is 0 Å². The summed E-state index contributed by atoms with van der Waals surface area (Å²) in [6.07, 6.45) is 0. The molecule has 0 saturated carbocycles. The van der Waals surface area contributed by atoms with E-state index in [0.717, 1.165) is 18.8 Å². The van der Waals surface area contributed by atoms with Crippen LogP contribution in [0.25, 0.3) is 5.76 Å². The fourth-order valence-electron chi connectivity index (χ4n) is 4.83. The van der Waals surface area contributed by atoms with E-state index in [1.807, 2.05) is 24.3 Å². The minimum absolute atomic E-state index is 0.0124. The third-order valence-corrected chi connectivity index (χ3v) is 6.79. The van der Waals surface area contributed by atoms with E-state index in [0.29, 0.717) is 28.2 Å². The number of hydrogen-bond acceptors (Lipinski definition) is 6. The predicted octanol–water partition coefficient (Wildman–Crippen LogP) is 5.02. The first kappa shape index (κ1) is 24.4. The Bertz CT molecular complexity index is 1360. The lowest BCUT2D eigenvalue weighted by Crippen LogP contribution is -2.29. The van der Waals surface area contributed by atoms with E-state index in [2.05, 4.69) is 18.7 Å². The van der Waals surface area contributed by atoms with Gasteiger partial charge in [-0.05, 0) is 67.4 Å². The van der Waals surface area contributed by atoms with E-state index in [9.17, 15) is 19.1 Å². The molecule has 0 spiro atoms. The molecule has 1 amide bonds. The van der Waals surface area contributed by atoms with Crippen molar-refractivity contribution in [3.63, 3.8) is 0 Å². The maximum Gasteiger partial charge on any atom is 0.295 e. The third kappa shape index (κ3) is 4.50. The molecule has 0 aliphatic carbocycles. The van der Waals surface area contributed by atoms with Gasteiger partial charge < -0.3 is 24.4 Å². The Morgan fingerprint density at radius 2 is 1.65 bits per heavy atom. The van der Waals surface area contributed by atoms with E-state index < -0.39 is 23.5 Å². The number of carbonyl (C=O) groups excluding carboxylic acids is 2. The number of halogens is 1. The lowest BCUT2D eigenvalue weighted by Gasteiger charge is -2.27. The van der Waals surface area contributed by atoms with Gasteiger partial charge in [-0.3, -0.25) is 9.59 Å². The van der Waals surface area contributed by atoms with Crippen molar-refractivity contribution in [3.8, 4) is 11.5 Å². The molecule has 5 rings (SSSR count). The fourth-order valence-corrected chi connectivity index (χ4v) is 4.83. The van der Waals surface area contributed by atoms with Gasteiger partial charge in [0.15, 0.2) is 11.5 Å². The van der Waals surface area contributed by atoms with Gasteiger partial charge in [0.2, 0.25) is 6.79 Å². The Morgan fingerprint density at radius 3 is 2.32 bits per heavy atom. The molecule has 1 fully saturated rings. The Hall–Kier alpha value is -4.33. The van der Waals surface area contributed by atoms with Crippen molar-refractivity contribution in [1.82, 2.24) is 4.90 Å². The summed E-state index contributed by atoms with van der Waals surface area (Å²) < 4.78 is 24.3. The van der Waals surface area contributed by atoms with E-state index in [1.165, 1.54) is 17.0 Å². The zero-order valence-electron chi connectivity index (χ0n) is 20.6. The molecule has 37 heavy (non-hydrogen) atoms. The molecule has 1 N–H and O–H groups in total. The molecule has 0 radical (unpaired) electrons. The van der Waals surface area contributed by atoms with Gasteiger partial charge in [0.1, 0.15) is 11.6 Å². The molecule has 0 bridgehead atoms. The van der Waals surface area contributed by atoms with Gasteiger partial charge in [0.25, 0.3) is 11.7 Å². The Labute approximate surface area is 214 Å². The van der Waals surface area contributed by atoms with Crippen LogP contribution in [0, 0.1) is 5.82 Å². The Kier molecular flexibility index (Phi) is 6.56. The number of fused-ring (bicyclic) bond motifs is 1. The summed E-state index contributed by atoms with van der Waals surface area (Å²) >= 11 is 0. The predicted molar refractivity (Wildman–Crippen MR) is 137 cm³/mol. The summed E-state index contributed by atoms with van der Waals surface area (Å²) in [5.41, 5.74) is 2.69. The van der Waals surface area contributed by atoms with Crippen LogP contribution in [0.2, 0.25) is 0 Å². The number of ether oxygens (including phenoxy) is 2. The first-order valence-electron chi connectivity index (χ1n) is 12.2. The van der Waals surface area contributed by atoms with Gasteiger partial charge in [-0.2, -0.15) is 0 Å². The van der Waals surface area contributed by atoms with E-state index in [-0.39, 0.29) is 24.7 Å². The first-order valence-corrected chi connectivity index (χ1v) is 12.2. The summed E-state index contributed by atoms with van der Waals surface area (Å²) in [5.74, 6) is -1.21. The van der Waals surface area contributed by atoms with Crippen molar-refractivity contribution in [1.29, 1.82) is 0 Å². The summed E-state index contributed by atoms with van der Waals surface area (Å²) in [6.45, 7) is 5.96. The minimum atomic E-state index is -0.832. The molecule has 3 aromatic carbocycles. The molecule has 3 aromatic rings. The summed E-state index contributed by atoms with van der Waals surface area (Å²) in [7, 11) is 0. The third-order valence-electron chi connectivity index (χ3n) is 6.79. The first-order chi connectivity index (χ1) is 17.9. The van der Waals surface area contributed by atoms with Crippen molar-refractivity contribution in [2.75, 3.05) is 24.8 Å². The number of likely N-dealkylation sites (tertiary alicyclic amines) is 1. The summed E-state index contributed by atoms with van der Waals surface area (Å²) in [5, 5.41) is 11.3. The molecule has 2 heterocycles.